The number of carbonyl (C=O) groups excluding carboxylic acids is 2. The fraction of sp³-hybridized carbons (Fsp3) is 0.393. The Morgan fingerprint density at radius 2 is 1.56 bits per heavy atom. The van der Waals surface area contributed by atoms with Crippen LogP contribution >= 0.6 is 11.3 Å². The number of aromatic nitrogens is 1. The zero-order chi connectivity index (χ0) is 24.9. The van der Waals surface area contributed by atoms with Crippen LogP contribution in [0.4, 0.5) is 4.39 Å². The second-order valence-corrected chi connectivity index (χ2v) is 10.5. The summed E-state index contributed by atoms with van der Waals surface area (Å²) in [5, 5.41) is 2.88. The lowest BCUT2D eigenvalue weighted by Crippen LogP contribution is -2.48. The van der Waals surface area contributed by atoms with E-state index in [1.165, 1.54) is 17.7 Å². The first-order valence-corrected chi connectivity index (χ1v) is 13.5. The van der Waals surface area contributed by atoms with E-state index >= 15 is 0 Å². The van der Waals surface area contributed by atoms with Gasteiger partial charge in [0, 0.05) is 57.1 Å². The molecule has 6 nitrogen and oxygen atoms in total. The molecule has 36 heavy (non-hydrogen) atoms. The fourth-order valence-corrected chi connectivity index (χ4v) is 5.92. The zero-order valence-corrected chi connectivity index (χ0v) is 21.1. The highest BCUT2D eigenvalue weighted by molar-refractivity contribution is 7.09. The normalized spacial score (nSPS) is 17.4. The van der Waals surface area contributed by atoms with Crippen molar-refractivity contribution < 1.29 is 14.0 Å². The maximum atomic E-state index is 13.1. The lowest BCUT2D eigenvalue weighted by molar-refractivity contribution is -0.131. The van der Waals surface area contributed by atoms with E-state index in [0.29, 0.717) is 38.3 Å². The largest absolute Gasteiger partial charge is 0.342 e. The van der Waals surface area contributed by atoms with Crippen LogP contribution in [0.1, 0.15) is 45.4 Å². The summed E-state index contributed by atoms with van der Waals surface area (Å²) in [5.41, 5.74) is 2.67. The monoisotopic (exact) mass is 506 g/mol. The van der Waals surface area contributed by atoms with Gasteiger partial charge < -0.3 is 9.80 Å². The molecule has 0 spiro atoms. The molecule has 1 aromatic heterocycles. The van der Waals surface area contributed by atoms with Crippen molar-refractivity contribution in [2.45, 2.75) is 31.7 Å². The average molecular weight is 507 g/mol. The minimum absolute atomic E-state index is 0.0174. The van der Waals surface area contributed by atoms with Crippen molar-refractivity contribution >= 4 is 23.2 Å². The van der Waals surface area contributed by atoms with Gasteiger partial charge in [-0.1, -0.05) is 42.5 Å². The summed E-state index contributed by atoms with van der Waals surface area (Å²) < 4.78 is 13.1. The van der Waals surface area contributed by atoms with Gasteiger partial charge in [0.2, 0.25) is 5.91 Å². The Kier molecular flexibility index (Phi) is 7.72. The average Bonchev–Trinajstić information content (AvgIpc) is 3.41. The second kappa shape index (κ2) is 11.3. The van der Waals surface area contributed by atoms with Gasteiger partial charge >= 0.3 is 0 Å². The number of rotatable bonds is 6. The number of halogens is 1. The van der Waals surface area contributed by atoms with E-state index in [1.54, 1.807) is 23.5 Å². The Morgan fingerprint density at radius 1 is 0.861 bits per heavy atom. The van der Waals surface area contributed by atoms with Crippen molar-refractivity contribution in [3.8, 4) is 0 Å². The van der Waals surface area contributed by atoms with E-state index in [4.69, 9.17) is 4.98 Å². The van der Waals surface area contributed by atoms with Gasteiger partial charge in [-0.25, -0.2) is 9.37 Å². The van der Waals surface area contributed by atoms with Crippen LogP contribution in [0.3, 0.4) is 0 Å². The first-order valence-electron chi connectivity index (χ1n) is 12.6. The fourth-order valence-electron chi connectivity index (χ4n) is 4.95. The van der Waals surface area contributed by atoms with E-state index in [-0.39, 0.29) is 23.5 Å². The van der Waals surface area contributed by atoms with Gasteiger partial charge in [0.05, 0.1) is 11.4 Å². The molecule has 0 bridgehead atoms. The molecule has 5 rings (SSSR count). The van der Waals surface area contributed by atoms with Gasteiger partial charge in [-0.05, 0) is 36.1 Å². The van der Waals surface area contributed by atoms with Crippen molar-refractivity contribution in [2.24, 2.45) is 0 Å². The predicted octanol–water partition coefficient (Wildman–Crippen LogP) is 4.19. The standard InChI is InChI=1S/C28H31FN4O2S/c29-24-8-6-21(7-9-24)18-26(34)32-12-10-23(11-13-32)27-30-25(20-36-27)28(35)33-16-14-31(15-17-33)19-22-4-2-1-3-5-22/h1-9,20,23H,10-19H2. The van der Waals surface area contributed by atoms with Crippen molar-refractivity contribution in [2.75, 3.05) is 39.3 Å². The molecule has 3 heterocycles. The highest BCUT2D eigenvalue weighted by Gasteiger charge is 2.28. The molecule has 0 saturated carbocycles. The van der Waals surface area contributed by atoms with Crippen LogP contribution in [0.2, 0.25) is 0 Å². The summed E-state index contributed by atoms with van der Waals surface area (Å²) in [6.45, 7) is 5.42. The number of piperazine rings is 1. The van der Waals surface area contributed by atoms with Gasteiger partial charge in [0.25, 0.3) is 5.91 Å². The Hall–Kier alpha value is -3.10. The number of nitrogens with zero attached hydrogens (tertiary/aromatic N) is 4. The highest BCUT2D eigenvalue weighted by Crippen LogP contribution is 2.31. The van der Waals surface area contributed by atoms with Gasteiger partial charge in [-0.3, -0.25) is 14.5 Å². The third-order valence-electron chi connectivity index (χ3n) is 7.12. The summed E-state index contributed by atoms with van der Waals surface area (Å²) in [7, 11) is 0. The van der Waals surface area contributed by atoms with Crippen molar-refractivity contribution in [1.29, 1.82) is 0 Å². The number of carbonyl (C=O) groups is 2. The van der Waals surface area contributed by atoms with E-state index in [0.717, 1.165) is 43.0 Å². The van der Waals surface area contributed by atoms with E-state index in [2.05, 4.69) is 29.2 Å². The van der Waals surface area contributed by atoms with E-state index in [9.17, 15) is 14.0 Å². The first-order chi connectivity index (χ1) is 17.5. The highest BCUT2D eigenvalue weighted by atomic mass is 32.1. The van der Waals surface area contributed by atoms with Crippen molar-refractivity contribution in [1.82, 2.24) is 19.7 Å². The van der Waals surface area contributed by atoms with Crippen LogP contribution in [-0.2, 0) is 17.8 Å². The minimum Gasteiger partial charge on any atom is -0.342 e. The van der Waals surface area contributed by atoms with Gasteiger partial charge in [0.1, 0.15) is 11.5 Å². The first kappa shape index (κ1) is 24.6. The molecule has 2 saturated heterocycles. The molecular weight excluding hydrogens is 475 g/mol. The summed E-state index contributed by atoms with van der Waals surface area (Å²) in [6, 6.07) is 16.5. The molecule has 2 aliphatic heterocycles. The number of piperidine rings is 1. The lowest BCUT2D eigenvalue weighted by atomic mass is 9.97. The Morgan fingerprint density at radius 3 is 2.25 bits per heavy atom. The molecule has 2 amide bonds. The molecule has 0 unspecified atom stereocenters. The number of amides is 2. The molecule has 0 radical (unpaired) electrons. The van der Waals surface area contributed by atoms with E-state index < -0.39 is 0 Å². The van der Waals surface area contributed by atoms with E-state index in [1.807, 2.05) is 21.2 Å². The molecule has 0 atom stereocenters. The van der Waals surface area contributed by atoms with Crippen LogP contribution in [0.15, 0.2) is 60.0 Å². The molecule has 2 aliphatic rings. The molecule has 0 N–H and O–H groups in total. The SMILES string of the molecule is O=C(Cc1ccc(F)cc1)N1CCC(c2nc(C(=O)N3CCN(Cc4ccccc4)CC3)cs2)CC1. The van der Waals surface area contributed by atoms with Crippen LogP contribution in [0, 0.1) is 5.82 Å². The number of benzene rings is 2. The number of hydrogen-bond acceptors (Lipinski definition) is 5. The van der Waals surface area contributed by atoms with Crippen molar-refractivity contribution in [3.05, 3.63) is 87.6 Å². The Bertz CT molecular complexity index is 1170. The van der Waals surface area contributed by atoms with Crippen LogP contribution < -0.4 is 0 Å². The van der Waals surface area contributed by atoms with Gasteiger partial charge in [-0.15, -0.1) is 11.3 Å². The third-order valence-corrected chi connectivity index (χ3v) is 8.12. The maximum Gasteiger partial charge on any atom is 0.273 e. The molecule has 2 aromatic carbocycles. The van der Waals surface area contributed by atoms with Gasteiger partial charge in [0.15, 0.2) is 0 Å². The predicted molar refractivity (Wildman–Crippen MR) is 138 cm³/mol. The number of likely N-dealkylation sites (tertiary alicyclic amines) is 1. The maximum absolute atomic E-state index is 13.1. The third kappa shape index (κ3) is 5.99. The number of hydrogen-bond donors (Lipinski definition) is 0. The van der Waals surface area contributed by atoms with Crippen LogP contribution in [0.25, 0.3) is 0 Å². The lowest BCUT2D eigenvalue weighted by Gasteiger charge is -2.34. The Balaban J connectivity index is 1.09. The van der Waals surface area contributed by atoms with Gasteiger partial charge in [-0.2, -0.15) is 0 Å². The summed E-state index contributed by atoms with van der Waals surface area (Å²) in [4.78, 5) is 36.6. The summed E-state index contributed by atoms with van der Waals surface area (Å²) in [6.07, 6.45) is 1.97. The molecule has 2 fully saturated rings. The quantitative estimate of drug-likeness (QED) is 0.503. The zero-order valence-electron chi connectivity index (χ0n) is 20.3. The Labute approximate surface area is 215 Å². The molecular formula is C28H31FN4O2S. The van der Waals surface area contributed by atoms with Crippen molar-refractivity contribution in [3.63, 3.8) is 0 Å². The number of thiazole rings is 1. The molecule has 3 aromatic rings. The van der Waals surface area contributed by atoms with Crippen LogP contribution in [0.5, 0.6) is 0 Å². The topological polar surface area (TPSA) is 56.8 Å². The molecule has 0 aliphatic carbocycles. The smallest absolute Gasteiger partial charge is 0.273 e. The molecule has 188 valence electrons. The van der Waals surface area contributed by atoms with Crippen LogP contribution in [-0.4, -0.2) is 70.8 Å². The molecule has 8 heteroatoms. The second-order valence-electron chi connectivity index (χ2n) is 9.58. The summed E-state index contributed by atoms with van der Waals surface area (Å²) in [5.74, 6) is 0.0676. The summed E-state index contributed by atoms with van der Waals surface area (Å²) >= 11 is 1.56. The minimum atomic E-state index is -0.293.